The van der Waals surface area contributed by atoms with Gasteiger partial charge in [0, 0.05) is 10.5 Å². The Bertz CT molecular complexity index is 575. The van der Waals surface area contributed by atoms with Gasteiger partial charge in [0.2, 0.25) is 0 Å². The number of benzene rings is 1. The molecule has 5 heteroatoms. The van der Waals surface area contributed by atoms with Crippen LogP contribution in [0.1, 0.15) is 5.69 Å². The van der Waals surface area contributed by atoms with Crippen LogP contribution in [0.4, 0.5) is 15.9 Å². The molecule has 1 heterocycles. The summed E-state index contributed by atoms with van der Waals surface area (Å²) in [5.41, 5.74) is 1.17. The number of nitrogens with zero attached hydrogens (tertiary/aromatic N) is 1. The fourth-order valence-corrected chi connectivity index (χ4v) is 1.70. The molecular weight excluding hydrogens is 299 g/mol. The van der Waals surface area contributed by atoms with Crippen molar-refractivity contribution in [3.05, 3.63) is 46.3 Å². The largest absolute Gasteiger partial charge is 0.497 e. The Labute approximate surface area is 113 Å². The molecule has 0 amide bonds. The van der Waals surface area contributed by atoms with Gasteiger partial charge in [-0.1, -0.05) is 0 Å². The van der Waals surface area contributed by atoms with Gasteiger partial charge in [-0.15, -0.1) is 0 Å². The van der Waals surface area contributed by atoms with Gasteiger partial charge in [0.1, 0.15) is 17.4 Å². The maximum absolute atomic E-state index is 13.6. The van der Waals surface area contributed by atoms with Crippen molar-refractivity contribution in [3.8, 4) is 5.75 Å². The van der Waals surface area contributed by atoms with Crippen LogP contribution >= 0.6 is 15.9 Å². The third-order valence-electron chi connectivity index (χ3n) is 2.46. The SMILES string of the molecule is COc1ccc(F)c(Nc2ccc(Br)c(C)n2)c1. The van der Waals surface area contributed by atoms with Crippen LogP contribution in [0.3, 0.4) is 0 Å². The minimum Gasteiger partial charge on any atom is -0.497 e. The predicted octanol–water partition coefficient (Wildman–Crippen LogP) is 4.04. The van der Waals surface area contributed by atoms with Gasteiger partial charge < -0.3 is 10.1 Å². The van der Waals surface area contributed by atoms with Crippen LogP contribution in [0.2, 0.25) is 0 Å². The molecule has 0 aliphatic heterocycles. The van der Waals surface area contributed by atoms with Crippen molar-refractivity contribution in [2.24, 2.45) is 0 Å². The summed E-state index contributed by atoms with van der Waals surface area (Å²) in [7, 11) is 1.54. The van der Waals surface area contributed by atoms with Crippen LogP contribution in [0, 0.1) is 12.7 Å². The summed E-state index contributed by atoms with van der Waals surface area (Å²) < 4.78 is 19.6. The fraction of sp³-hybridized carbons (Fsp3) is 0.154. The second-order valence-corrected chi connectivity index (χ2v) is 4.59. The van der Waals surface area contributed by atoms with E-state index >= 15 is 0 Å². The predicted molar refractivity (Wildman–Crippen MR) is 72.9 cm³/mol. The van der Waals surface area contributed by atoms with E-state index < -0.39 is 0 Å². The molecule has 1 N–H and O–H groups in total. The van der Waals surface area contributed by atoms with Crippen molar-refractivity contribution in [2.75, 3.05) is 12.4 Å². The standard InChI is InChI=1S/C13H12BrFN2O/c1-8-10(14)4-6-13(16-8)17-12-7-9(18-2)3-5-11(12)15/h3-7H,1-2H3,(H,16,17). The fourth-order valence-electron chi connectivity index (χ4n) is 1.48. The van der Waals surface area contributed by atoms with E-state index in [0.717, 1.165) is 10.2 Å². The highest BCUT2D eigenvalue weighted by Gasteiger charge is 2.06. The van der Waals surface area contributed by atoms with Crippen LogP contribution < -0.4 is 10.1 Å². The highest BCUT2D eigenvalue weighted by molar-refractivity contribution is 9.10. The Morgan fingerprint density at radius 1 is 1.28 bits per heavy atom. The highest BCUT2D eigenvalue weighted by atomic mass is 79.9. The molecule has 18 heavy (non-hydrogen) atoms. The smallest absolute Gasteiger partial charge is 0.146 e. The average Bonchev–Trinajstić information content (AvgIpc) is 2.36. The van der Waals surface area contributed by atoms with Gasteiger partial charge in [0.15, 0.2) is 0 Å². The second-order valence-electron chi connectivity index (χ2n) is 3.73. The van der Waals surface area contributed by atoms with Crippen LogP contribution in [0.15, 0.2) is 34.8 Å². The molecule has 0 atom stereocenters. The first-order valence-electron chi connectivity index (χ1n) is 5.34. The number of rotatable bonds is 3. The number of pyridine rings is 1. The van der Waals surface area contributed by atoms with E-state index in [4.69, 9.17) is 4.74 Å². The normalized spacial score (nSPS) is 10.2. The van der Waals surface area contributed by atoms with E-state index in [1.165, 1.54) is 6.07 Å². The maximum atomic E-state index is 13.6. The molecule has 0 aliphatic carbocycles. The summed E-state index contributed by atoms with van der Waals surface area (Å²) in [6, 6.07) is 8.15. The molecule has 0 unspecified atom stereocenters. The quantitative estimate of drug-likeness (QED) is 0.929. The van der Waals surface area contributed by atoms with E-state index in [2.05, 4.69) is 26.2 Å². The number of hydrogen-bond donors (Lipinski definition) is 1. The minimum absolute atomic E-state index is 0.337. The van der Waals surface area contributed by atoms with Crippen molar-refractivity contribution in [2.45, 2.75) is 6.92 Å². The number of methoxy groups -OCH3 is 1. The number of aromatic nitrogens is 1. The minimum atomic E-state index is -0.349. The summed E-state index contributed by atoms with van der Waals surface area (Å²) in [6.07, 6.45) is 0. The molecule has 0 fully saturated rings. The van der Waals surface area contributed by atoms with Crippen LogP contribution in [-0.2, 0) is 0 Å². The number of hydrogen-bond acceptors (Lipinski definition) is 3. The molecule has 0 bridgehead atoms. The Hall–Kier alpha value is -1.62. The first kappa shape index (κ1) is 12.8. The van der Waals surface area contributed by atoms with Crippen molar-refractivity contribution in [1.29, 1.82) is 0 Å². The van der Waals surface area contributed by atoms with Gasteiger partial charge in [-0.05, 0) is 47.1 Å². The van der Waals surface area contributed by atoms with Crippen LogP contribution in [0.25, 0.3) is 0 Å². The molecule has 0 aliphatic rings. The Balaban J connectivity index is 2.30. The number of anilines is 2. The molecule has 0 radical (unpaired) electrons. The van der Waals surface area contributed by atoms with Gasteiger partial charge in [-0.2, -0.15) is 0 Å². The molecule has 2 aromatic rings. The first-order chi connectivity index (χ1) is 8.60. The van der Waals surface area contributed by atoms with E-state index in [9.17, 15) is 4.39 Å². The lowest BCUT2D eigenvalue weighted by Gasteiger charge is -2.09. The molecule has 94 valence electrons. The molecule has 1 aromatic carbocycles. The molecule has 3 nitrogen and oxygen atoms in total. The zero-order valence-electron chi connectivity index (χ0n) is 10.00. The lowest BCUT2D eigenvalue weighted by Crippen LogP contribution is -1.98. The molecular formula is C13H12BrFN2O. The van der Waals surface area contributed by atoms with Crippen molar-refractivity contribution in [3.63, 3.8) is 0 Å². The van der Waals surface area contributed by atoms with Gasteiger partial charge in [-0.25, -0.2) is 9.37 Å². The summed E-state index contributed by atoms with van der Waals surface area (Å²) in [5.74, 6) is 0.828. The molecule has 1 aromatic heterocycles. The lowest BCUT2D eigenvalue weighted by atomic mass is 10.2. The Kier molecular flexibility index (Phi) is 3.81. The summed E-state index contributed by atoms with van der Waals surface area (Å²) in [5, 5.41) is 2.93. The van der Waals surface area contributed by atoms with Crippen molar-refractivity contribution < 1.29 is 9.13 Å². The highest BCUT2D eigenvalue weighted by Crippen LogP contribution is 2.25. The zero-order valence-corrected chi connectivity index (χ0v) is 11.6. The lowest BCUT2D eigenvalue weighted by molar-refractivity contribution is 0.414. The average molecular weight is 311 g/mol. The Morgan fingerprint density at radius 3 is 2.72 bits per heavy atom. The van der Waals surface area contributed by atoms with Crippen LogP contribution in [0.5, 0.6) is 5.75 Å². The zero-order chi connectivity index (χ0) is 13.1. The summed E-state index contributed by atoms with van der Waals surface area (Å²) >= 11 is 3.37. The number of ether oxygens (including phenoxy) is 1. The first-order valence-corrected chi connectivity index (χ1v) is 6.13. The van der Waals surface area contributed by atoms with Gasteiger partial charge >= 0.3 is 0 Å². The second kappa shape index (κ2) is 5.35. The van der Waals surface area contributed by atoms with E-state index in [-0.39, 0.29) is 5.82 Å². The van der Waals surface area contributed by atoms with E-state index in [1.807, 2.05) is 13.0 Å². The van der Waals surface area contributed by atoms with E-state index in [0.29, 0.717) is 17.3 Å². The van der Waals surface area contributed by atoms with Gasteiger partial charge in [0.25, 0.3) is 0 Å². The summed E-state index contributed by atoms with van der Waals surface area (Å²) in [4.78, 5) is 4.30. The summed E-state index contributed by atoms with van der Waals surface area (Å²) in [6.45, 7) is 1.87. The topological polar surface area (TPSA) is 34.1 Å². The van der Waals surface area contributed by atoms with Gasteiger partial charge in [0.05, 0.1) is 18.5 Å². The third kappa shape index (κ3) is 2.79. The Morgan fingerprint density at radius 2 is 2.06 bits per heavy atom. The van der Waals surface area contributed by atoms with Crippen molar-refractivity contribution in [1.82, 2.24) is 4.98 Å². The molecule has 0 saturated carbocycles. The molecule has 0 saturated heterocycles. The van der Waals surface area contributed by atoms with Crippen molar-refractivity contribution >= 4 is 27.4 Å². The molecule has 2 rings (SSSR count). The number of nitrogens with one attached hydrogen (secondary N) is 1. The van der Waals surface area contributed by atoms with E-state index in [1.54, 1.807) is 25.3 Å². The number of halogens is 2. The molecule has 0 spiro atoms. The maximum Gasteiger partial charge on any atom is 0.146 e. The van der Waals surface area contributed by atoms with Crippen LogP contribution in [-0.4, -0.2) is 12.1 Å². The monoisotopic (exact) mass is 310 g/mol. The third-order valence-corrected chi connectivity index (χ3v) is 3.30. The number of aryl methyl sites for hydroxylation is 1. The van der Waals surface area contributed by atoms with Gasteiger partial charge in [-0.3, -0.25) is 0 Å².